The van der Waals surface area contributed by atoms with Gasteiger partial charge in [-0.25, -0.2) is 0 Å². The van der Waals surface area contributed by atoms with Crippen LogP contribution in [0, 0.1) is 5.92 Å². The Balaban J connectivity index is 4.23. The van der Waals surface area contributed by atoms with Crippen molar-refractivity contribution in [2.45, 2.75) is 329 Å². The number of rotatable bonds is 52. The molecule has 1 atom stereocenters. The molecule has 0 N–H and O–H groups in total. The van der Waals surface area contributed by atoms with E-state index in [0.717, 1.165) is 63.7 Å². The van der Waals surface area contributed by atoms with E-state index in [1.807, 2.05) is 0 Å². The Morgan fingerprint density at radius 1 is 0.302 bits per heavy atom. The predicted octanol–water partition coefficient (Wildman–Crippen LogP) is 18.6. The van der Waals surface area contributed by atoms with Crippen LogP contribution in [0.4, 0.5) is 0 Å². The van der Waals surface area contributed by atoms with Crippen LogP contribution in [0.5, 0.6) is 0 Å². The van der Waals surface area contributed by atoms with Gasteiger partial charge in [-0.3, -0.25) is 14.4 Å². The third-order valence-corrected chi connectivity index (χ3v) is 13.0. The molecule has 6 heteroatoms. The topological polar surface area (TPSA) is 78.9 Å². The van der Waals surface area contributed by atoms with E-state index in [-0.39, 0.29) is 31.1 Å². The van der Waals surface area contributed by atoms with Crippen molar-refractivity contribution in [1.29, 1.82) is 0 Å². The molecule has 0 saturated carbocycles. The van der Waals surface area contributed by atoms with Crippen LogP contribution < -0.4 is 0 Å². The molecule has 0 unspecified atom stereocenters. The van der Waals surface area contributed by atoms with Gasteiger partial charge in [0.05, 0.1) is 0 Å². The summed E-state index contributed by atoms with van der Waals surface area (Å²) in [7, 11) is 0. The quantitative estimate of drug-likeness (QED) is 0.0344. The van der Waals surface area contributed by atoms with Gasteiger partial charge in [0.25, 0.3) is 0 Å². The maximum absolute atomic E-state index is 12.8. The first-order valence-corrected chi connectivity index (χ1v) is 28.4. The molecule has 0 aromatic heterocycles. The molecule has 0 aliphatic rings. The van der Waals surface area contributed by atoms with Crippen molar-refractivity contribution in [3.05, 3.63) is 0 Å². The highest BCUT2D eigenvalue weighted by Gasteiger charge is 2.19. The van der Waals surface area contributed by atoms with E-state index in [0.29, 0.717) is 19.3 Å². The van der Waals surface area contributed by atoms with Gasteiger partial charge in [0.15, 0.2) is 6.10 Å². The normalized spacial score (nSPS) is 12.0. The molecular weight excluding hydrogens is 781 g/mol. The van der Waals surface area contributed by atoms with Crippen molar-refractivity contribution in [1.82, 2.24) is 0 Å². The summed E-state index contributed by atoms with van der Waals surface area (Å²) in [6.45, 7) is 9.04. The molecule has 0 aliphatic carbocycles. The highest BCUT2D eigenvalue weighted by Crippen LogP contribution is 2.18. The first-order valence-electron chi connectivity index (χ1n) is 28.4. The average Bonchev–Trinajstić information content (AvgIpc) is 3.27. The molecule has 0 amide bonds. The van der Waals surface area contributed by atoms with Crippen molar-refractivity contribution < 1.29 is 28.6 Å². The molecule has 0 bridgehead atoms. The summed E-state index contributed by atoms with van der Waals surface area (Å²) in [6, 6.07) is 0. The van der Waals surface area contributed by atoms with Crippen molar-refractivity contribution in [3.63, 3.8) is 0 Å². The van der Waals surface area contributed by atoms with Gasteiger partial charge >= 0.3 is 17.9 Å². The SMILES string of the molecule is CCCCCCCCCCCCCCCCCCCCCC(=O)OC[C@@H](COC(=O)CCCCCCCCCCCCCCC(C)C)OC(=O)CCCCCCCCCCCCC. The Morgan fingerprint density at radius 3 is 0.778 bits per heavy atom. The Kier molecular flexibility index (Phi) is 50.1. The minimum absolute atomic E-state index is 0.0621. The van der Waals surface area contributed by atoms with Crippen molar-refractivity contribution >= 4 is 17.9 Å². The van der Waals surface area contributed by atoms with Crippen LogP contribution in [-0.4, -0.2) is 37.2 Å². The Labute approximate surface area is 393 Å². The van der Waals surface area contributed by atoms with Crippen molar-refractivity contribution in [2.75, 3.05) is 13.2 Å². The molecule has 0 rings (SSSR count). The van der Waals surface area contributed by atoms with Crippen LogP contribution in [0.1, 0.15) is 323 Å². The first kappa shape index (κ1) is 61.4. The number of ether oxygens (including phenoxy) is 3. The summed E-state index contributed by atoms with van der Waals surface area (Å²) in [5.41, 5.74) is 0. The number of unbranched alkanes of at least 4 members (excludes halogenated alkanes) is 39. The zero-order chi connectivity index (χ0) is 45.9. The van der Waals surface area contributed by atoms with Gasteiger partial charge in [-0.15, -0.1) is 0 Å². The number of hydrogen-bond acceptors (Lipinski definition) is 6. The summed E-state index contributed by atoms with van der Waals surface area (Å²) < 4.78 is 16.9. The summed E-state index contributed by atoms with van der Waals surface area (Å²) in [4.78, 5) is 38.0. The molecule has 6 nitrogen and oxygen atoms in total. The number of esters is 3. The minimum atomic E-state index is -0.761. The monoisotopic (exact) mass is 891 g/mol. The van der Waals surface area contributed by atoms with E-state index in [1.165, 1.54) is 218 Å². The van der Waals surface area contributed by atoms with Crippen LogP contribution in [0.3, 0.4) is 0 Å². The minimum Gasteiger partial charge on any atom is -0.462 e. The zero-order valence-corrected chi connectivity index (χ0v) is 43.0. The molecular formula is C57H110O6. The van der Waals surface area contributed by atoms with E-state index in [1.54, 1.807) is 0 Å². The maximum Gasteiger partial charge on any atom is 0.306 e. The van der Waals surface area contributed by atoms with Gasteiger partial charge < -0.3 is 14.2 Å². The summed E-state index contributed by atoms with van der Waals surface area (Å²) in [6.07, 6.45) is 55.2. The molecule has 63 heavy (non-hydrogen) atoms. The van der Waals surface area contributed by atoms with Crippen LogP contribution in [-0.2, 0) is 28.6 Å². The highest BCUT2D eigenvalue weighted by atomic mass is 16.6. The van der Waals surface area contributed by atoms with Crippen LogP contribution in [0.15, 0.2) is 0 Å². The Bertz CT molecular complexity index is 949. The molecule has 0 aromatic carbocycles. The average molecular weight is 892 g/mol. The lowest BCUT2D eigenvalue weighted by atomic mass is 10.0. The van der Waals surface area contributed by atoms with E-state index < -0.39 is 6.10 Å². The second-order valence-electron chi connectivity index (χ2n) is 20.1. The summed E-state index contributed by atoms with van der Waals surface area (Å²) >= 11 is 0. The first-order chi connectivity index (χ1) is 30.9. The van der Waals surface area contributed by atoms with Gasteiger partial charge in [0.2, 0.25) is 0 Å². The Hall–Kier alpha value is -1.59. The second kappa shape index (κ2) is 51.4. The van der Waals surface area contributed by atoms with Crippen molar-refractivity contribution in [3.8, 4) is 0 Å². The fourth-order valence-electron chi connectivity index (χ4n) is 8.75. The van der Waals surface area contributed by atoms with Crippen molar-refractivity contribution in [2.24, 2.45) is 5.92 Å². The standard InChI is InChI=1S/C57H110O6/c1-5-7-9-11-13-15-17-18-19-20-21-22-23-24-29-32-36-40-44-48-55(58)61-51-54(63-57(60)50-46-42-38-34-27-16-14-12-10-8-6-2)52-62-56(59)49-45-41-37-33-30-26-25-28-31-35-39-43-47-53(3)4/h53-54H,5-52H2,1-4H3/t54-/m0/s1. The van der Waals surface area contributed by atoms with E-state index in [9.17, 15) is 14.4 Å². The van der Waals surface area contributed by atoms with Crippen LogP contribution in [0.25, 0.3) is 0 Å². The number of hydrogen-bond donors (Lipinski definition) is 0. The maximum atomic E-state index is 12.8. The van der Waals surface area contributed by atoms with Gasteiger partial charge in [-0.05, 0) is 25.2 Å². The van der Waals surface area contributed by atoms with E-state index >= 15 is 0 Å². The fraction of sp³-hybridized carbons (Fsp3) is 0.947. The number of carbonyl (C=O) groups excluding carboxylic acids is 3. The lowest BCUT2D eigenvalue weighted by molar-refractivity contribution is -0.167. The third kappa shape index (κ3) is 51.3. The molecule has 0 aliphatic heterocycles. The van der Waals surface area contributed by atoms with E-state index in [2.05, 4.69) is 27.7 Å². The Morgan fingerprint density at radius 2 is 0.524 bits per heavy atom. The molecule has 0 fully saturated rings. The van der Waals surface area contributed by atoms with Gasteiger partial charge in [-0.1, -0.05) is 285 Å². The van der Waals surface area contributed by atoms with E-state index in [4.69, 9.17) is 14.2 Å². The van der Waals surface area contributed by atoms with Crippen LogP contribution >= 0.6 is 0 Å². The lowest BCUT2D eigenvalue weighted by Gasteiger charge is -2.18. The van der Waals surface area contributed by atoms with Gasteiger partial charge in [-0.2, -0.15) is 0 Å². The van der Waals surface area contributed by atoms with Gasteiger partial charge in [0.1, 0.15) is 13.2 Å². The highest BCUT2D eigenvalue weighted by molar-refractivity contribution is 5.71. The van der Waals surface area contributed by atoms with Gasteiger partial charge in [0, 0.05) is 19.3 Å². The summed E-state index contributed by atoms with van der Waals surface area (Å²) in [5, 5.41) is 0. The second-order valence-corrected chi connectivity index (χ2v) is 20.1. The smallest absolute Gasteiger partial charge is 0.306 e. The predicted molar refractivity (Wildman–Crippen MR) is 270 cm³/mol. The molecule has 374 valence electrons. The lowest BCUT2D eigenvalue weighted by Crippen LogP contribution is -2.30. The zero-order valence-electron chi connectivity index (χ0n) is 43.0. The number of carbonyl (C=O) groups is 3. The van der Waals surface area contributed by atoms with Crippen LogP contribution in [0.2, 0.25) is 0 Å². The molecule has 0 saturated heterocycles. The molecule has 0 heterocycles. The summed E-state index contributed by atoms with van der Waals surface area (Å²) in [5.74, 6) is -0.00498. The fourth-order valence-corrected chi connectivity index (χ4v) is 8.75. The molecule has 0 radical (unpaired) electrons. The third-order valence-electron chi connectivity index (χ3n) is 13.0. The molecule has 0 spiro atoms. The molecule has 0 aromatic rings. The largest absolute Gasteiger partial charge is 0.462 e.